The number of aromatic nitrogens is 2. The highest BCUT2D eigenvalue weighted by molar-refractivity contribution is 5.55. The van der Waals surface area contributed by atoms with Crippen LogP contribution in [-0.2, 0) is 6.54 Å². The van der Waals surface area contributed by atoms with Crippen molar-refractivity contribution in [2.45, 2.75) is 13.0 Å². The molecule has 1 aliphatic rings. The number of fused-ring (bicyclic) bond motifs is 1. The minimum absolute atomic E-state index is 0.681. The van der Waals surface area contributed by atoms with Gasteiger partial charge in [-0.3, -0.25) is 0 Å². The van der Waals surface area contributed by atoms with Gasteiger partial charge in [0.2, 0.25) is 0 Å². The van der Waals surface area contributed by atoms with Gasteiger partial charge in [-0.1, -0.05) is 0 Å². The molecule has 19 heavy (non-hydrogen) atoms. The molecular weight excluding hydrogens is 242 g/mol. The molecule has 0 atom stereocenters. The number of nitrogens with zero attached hydrogens (tertiary/aromatic N) is 2. The zero-order valence-corrected chi connectivity index (χ0v) is 10.5. The third-order valence-electron chi connectivity index (χ3n) is 2.86. The first-order chi connectivity index (χ1) is 9.42. The fourth-order valence-corrected chi connectivity index (χ4v) is 1.90. The zero-order valence-electron chi connectivity index (χ0n) is 10.5. The number of ether oxygens (including phenoxy) is 2. The van der Waals surface area contributed by atoms with E-state index in [2.05, 4.69) is 15.3 Å². The van der Waals surface area contributed by atoms with E-state index in [0.29, 0.717) is 19.8 Å². The van der Waals surface area contributed by atoms with E-state index in [1.54, 1.807) is 12.4 Å². The van der Waals surface area contributed by atoms with Crippen molar-refractivity contribution in [2.75, 3.05) is 18.5 Å². The lowest BCUT2D eigenvalue weighted by Gasteiger charge is -2.10. The summed E-state index contributed by atoms with van der Waals surface area (Å²) < 4.78 is 11.2. The van der Waals surface area contributed by atoms with Gasteiger partial charge in [0.25, 0.3) is 0 Å². The van der Waals surface area contributed by atoms with Crippen LogP contribution in [0.2, 0.25) is 0 Å². The Bertz CT molecular complexity index is 546. The Morgan fingerprint density at radius 2 is 1.84 bits per heavy atom. The van der Waals surface area contributed by atoms with E-state index in [1.165, 1.54) is 6.33 Å². The highest BCUT2D eigenvalue weighted by atomic mass is 16.5. The van der Waals surface area contributed by atoms with Crippen LogP contribution in [0.4, 0.5) is 5.69 Å². The summed E-state index contributed by atoms with van der Waals surface area (Å²) in [5.74, 6) is 1.61. The minimum atomic E-state index is 0.681. The number of hydrogen-bond acceptors (Lipinski definition) is 5. The molecule has 0 fully saturated rings. The van der Waals surface area contributed by atoms with Crippen molar-refractivity contribution in [1.82, 2.24) is 9.97 Å². The predicted octanol–water partition coefficient (Wildman–Crippen LogP) is 2.25. The van der Waals surface area contributed by atoms with Crippen molar-refractivity contribution in [3.63, 3.8) is 0 Å². The van der Waals surface area contributed by atoms with Gasteiger partial charge in [0, 0.05) is 42.7 Å². The van der Waals surface area contributed by atoms with E-state index >= 15 is 0 Å². The molecule has 3 rings (SSSR count). The maximum Gasteiger partial charge on any atom is 0.163 e. The number of hydrogen-bond donors (Lipinski definition) is 1. The van der Waals surface area contributed by atoms with Gasteiger partial charge >= 0.3 is 0 Å². The van der Waals surface area contributed by atoms with Crippen LogP contribution in [0.5, 0.6) is 11.5 Å². The van der Waals surface area contributed by atoms with Crippen LogP contribution in [0, 0.1) is 0 Å². The van der Waals surface area contributed by atoms with Gasteiger partial charge in [-0.05, 0) is 12.1 Å². The largest absolute Gasteiger partial charge is 0.490 e. The molecule has 5 nitrogen and oxygen atoms in total. The van der Waals surface area contributed by atoms with Crippen LogP contribution >= 0.6 is 0 Å². The molecule has 0 unspecified atom stereocenters. The molecule has 0 bridgehead atoms. The molecule has 0 radical (unpaired) electrons. The molecule has 0 amide bonds. The maximum absolute atomic E-state index is 5.65. The average Bonchev–Trinajstić information content (AvgIpc) is 2.71. The molecule has 0 saturated heterocycles. The summed E-state index contributed by atoms with van der Waals surface area (Å²) in [7, 11) is 0. The van der Waals surface area contributed by atoms with Crippen molar-refractivity contribution < 1.29 is 9.47 Å². The quantitative estimate of drug-likeness (QED) is 0.914. The third kappa shape index (κ3) is 2.93. The van der Waals surface area contributed by atoms with E-state index in [9.17, 15) is 0 Å². The summed E-state index contributed by atoms with van der Waals surface area (Å²) in [5.41, 5.74) is 2.03. The molecule has 1 aliphatic heterocycles. The first-order valence-corrected chi connectivity index (χ1v) is 6.29. The molecule has 2 heterocycles. The van der Waals surface area contributed by atoms with Crippen LogP contribution in [0.15, 0.2) is 36.9 Å². The molecule has 0 aliphatic carbocycles. The Kier molecular flexibility index (Phi) is 3.45. The molecular formula is C14H15N3O2. The SMILES string of the molecule is c1ncc(CNc2ccc3c(c2)OCCCO3)cn1. The first kappa shape index (κ1) is 11.8. The Morgan fingerprint density at radius 1 is 1.05 bits per heavy atom. The summed E-state index contributed by atoms with van der Waals surface area (Å²) >= 11 is 0. The van der Waals surface area contributed by atoms with E-state index in [-0.39, 0.29) is 0 Å². The van der Waals surface area contributed by atoms with Crippen molar-refractivity contribution in [3.8, 4) is 11.5 Å². The van der Waals surface area contributed by atoms with Gasteiger partial charge < -0.3 is 14.8 Å². The van der Waals surface area contributed by atoms with Crippen molar-refractivity contribution >= 4 is 5.69 Å². The molecule has 0 spiro atoms. The summed E-state index contributed by atoms with van der Waals surface area (Å²) in [6.07, 6.45) is 6.03. The summed E-state index contributed by atoms with van der Waals surface area (Å²) in [6, 6.07) is 5.88. The zero-order chi connectivity index (χ0) is 12.9. The Morgan fingerprint density at radius 3 is 2.68 bits per heavy atom. The average molecular weight is 257 g/mol. The molecule has 1 aromatic heterocycles. The highest BCUT2D eigenvalue weighted by Crippen LogP contribution is 2.32. The minimum Gasteiger partial charge on any atom is -0.490 e. The topological polar surface area (TPSA) is 56.3 Å². The van der Waals surface area contributed by atoms with E-state index in [4.69, 9.17) is 9.47 Å². The Balaban J connectivity index is 1.70. The second-order valence-electron chi connectivity index (χ2n) is 4.31. The normalized spacial score (nSPS) is 13.7. The number of anilines is 1. The van der Waals surface area contributed by atoms with E-state index in [0.717, 1.165) is 29.2 Å². The van der Waals surface area contributed by atoms with Gasteiger partial charge in [-0.2, -0.15) is 0 Å². The lowest BCUT2D eigenvalue weighted by molar-refractivity contribution is 0.297. The van der Waals surface area contributed by atoms with Crippen LogP contribution < -0.4 is 14.8 Å². The molecule has 1 N–H and O–H groups in total. The monoisotopic (exact) mass is 257 g/mol. The molecule has 2 aromatic rings. The van der Waals surface area contributed by atoms with Crippen LogP contribution in [0.25, 0.3) is 0 Å². The number of nitrogens with one attached hydrogen (secondary N) is 1. The Labute approximate surface area is 111 Å². The fraction of sp³-hybridized carbons (Fsp3) is 0.286. The van der Waals surface area contributed by atoms with Crippen molar-refractivity contribution in [1.29, 1.82) is 0 Å². The molecule has 5 heteroatoms. The van der Waals surface area contributed by atoms with Gasteiger partial charge in [-0.25, -0.2) is 9.97 Å². The lowest BCUT2D eigenvalue weighted by atomic mass is 10.2. The molecule has 1 aromatic carbocycles. The Hall–Kier alpha value is -2.30. The molecule has 0 saturated carbocycles. The molecule has 98 valence electrons. The van der Waals surface area contributed by atoms with Gasteiger partial charge in [0.1, 0.15) is 6.33 Å². The number of benzene rings is 1. The second-order valence-corrected chi connectivity index (χ2v) is 4.31. The van der Waals surface area contributed by atoms with Gasteiger partial charge in [0.15, 0.2) is 11.5 Å². The highest BCUT2D eigenvalue weighted by Gasteiger charge is 2.10. The lowest BCUT2D eigenvalue weighted by Crippen LogP contribution is -2.01. The summed E-state index contributed by atoms with van der Waals surface area (Å²) in [6.45, 7) is 2.09. The van der Waals surface area contributed by atoms with Crippen LogP contribution in [0.3, 0.4) is 0 Å². The third-order valence-corrected chi connectivity index (χ3v) is 2.86. The van der Waals surface area contributed by atoms with Crippen LogP contribution in [-0.4, -0.2) is 23.2 Å². The smallest absolute Gasteiger partial charge is 0.163 e. The number of rotatable bonds is 3. The van der Waals surface area contributed by atoms with Gasteiger partial charge in [0.05, 0.1) is 13.2 Å². The van der Waals surface area contributed by atoms with Crippen molar-refractivity contribution in [2.24, 2.45) is 0 Å². The fourth-order valence-electron chi connectivity index (χ4n) is 1.90. The summed E-state index contributed by atoms with van der Waals surface area (Å²) in [4.78, 5) is 7.97. The van der Waals surface area contributed by atoms with E-state index in [1.807, 2.05) is 18.2 Å². The van der Waals surface area contributed by atoms with E-state index < -0.39 is 0 Å². The standard InChI is InChI=1S/C14H15N3O2/c1-4-18-13-3-2-12(6-14(13)19-5-1)17-9-11-7-15-10-16-8-11/h2-3,6-8,10,17H,1,4-5,9H2. The van der Waals surface area contributed by atoms with Gasteiger partial charge in [-0.15, -0.1) is 0 Å². The summed E-state index contributed by atoms with van der Waals surface area (Å²) in [5, 5.41) is 3.32. The second kappa shape index (κ2) is 5.56. The van der Waals surface area contributed by atoms with Crippen LogP contribution in [0.1, 0.15) is 12.0 Å². The predicted molar refractivity (Wildman–Crippen MR) is 71.4 cm³/mol. The maximum atomic E-state index is 5.65. The van der Waals surface area contributed by atoms with Crippen molar-refractivity contribution in [3.05, 3.63) is 42.5 Å². The first-order valence-electron chi connectivity index (χ1n) is 6.29.